The molecule has 0 saturated heterocycles. The van der Waals surface area contributed by atoms with Gasteiger partial charge in [-0.15, -0.1) is 0 Å². The van der Waals surface area contributed by atoms with Gasteiger partial charge in [-0.3, -0.25) is 4.68 Å². The van der Waals surface area contributed by atoms with Crippen molar-refractivity contribution in [2.45, 2.75) is 45.2 Å². The van der Waals surface area contributed by atoms with E-state index in [1.54, 1.807) is 12.1 Å². The van der Waals surface area contributed by atoms with Gasteiger partial charge in [-0.05, 0) is 50.3 Å². The predicted octanol–water partition coefficient (Wildman–Crippen LogP) is 3.21. The smallest absolute Gasteiger partial charge is 0.123 e. The second-order valence-corrected chi connectivity index (χ2v) is 6.07. The third kappa shape index (κ3) is 2.86. The van der Waals surface area contributed by atoms with Crippen LogP contribution in [0.3, 0.4) is 0 Å². The van der Waals surface area contributed by atoms with Gasteiger partial charge in [-0.1, -0.05) is 12.1 Å². The lowest BCUT2D eigenvalue weighted by Gasteiger charge is -2.36. The molecule has 0 unspecified atom stereocenters. The van der Waals surface area contributed by atoms with Crippen molar-refractivity contribution in [2.24, 2.45) is 7.05 Å². The summed E-state index contributed by atoms with van der Waals surface area (Å²) in [6.07, 6.45) is 2.26. The average molecular weight is 287 g/mol. The Hall–Kier alpha value is -1.68. The molecule has 1 N–H and O–H groups in total. The van der Waals surface area contributed by atoms with Crippen LogP contribution in [0.1, 0.15) is 41.3 Å². The number of hydrogen-bond donors (Lipinski definition) is 1. The number of halogens is 1. The van der Waals surface area contributed by atoms with Gasteiger partial charge in [0, 0.05) is 30.9 Å². The van der Waals surface area contributed by atoms with E-state index < -0.39 is 0 Å². The Kier molecular flexibility index (Phi) is 3.81. The van der Waals surface area contributed by atoms with Crippen molar-refractivity contribution in [3.63, 3.8) is 0 Å². The lowest BCUT2D eigenvalue weighted by molar-refractivity contribution is 0.289. The van der Waals surface area contributed by atoms with Gasteiger partial charge in [0.15, 0.2) is 0 Å². The van der Waals surface area contributed by atoms with Gasteiger partial charge in [-0.25, -0.2) is 4.39 Å². The summed E-state index contributed by atoms with van der Waals surface area (Å²) in [5, 5.41) is 8.06. The fourth-order valence-electron chi connectivity index (χ4n) is 3.11. The van der Waals surface area contributed by atoms with Crippen LogP contribution in [0.2, 0.25) is 0 Å². The minimum absolute atomic E-state index is 0.157. The summed E-state index contributed by atoms with van der Waals surface area (Å²) in [6, 6.07) is 7.48. The van der Waals surface area contributed by atoms with Crippen LogP contribution in [0.15, 0.2) is 24.3 Å². The van der Waals surface area contributed by atoms with E-state index in [4.69, 9.17) is 0 Å². The van der Waals surface area contributed by atoms with E-state index in [0.29, 0.717) is 12.0 Å². The molecule has 0 bridgehead atoms. The molecule has 21 heavy (non-hydrogen) atoms. The van der Waals surface area contributed by atoms with Crippen LogP contribution in [-0.4, -0.2) is 15.8 Å². The van der Waals surface area contributed by atoms with Gasteiger partial charge in [-0.2, -0.15) is 5.10 Å². The van der Waals surface area contributed by atoms with Crippen molar-refractivity contribution < 1.29 is 4.39 Å². The third-order valence-electron chi connectivity index (χ3n) is 4.71. The first-order chi connectivity index (χ1) is 10.0. The van der Waals surface area contributed by atoms with E-state index in [-0.39, 0.29) is 5.82 Å². The molecule has 0 spiro atoms. The van der Waals surface area contributed by atoms with Gasteiger partial charge in [0.05, 0.1) is 5.69 Å². The van der Waals surface area contributed by atoms with Gasteiger partial charge < -0.3 is 5.32 Å². The Bertz CT molecular complexity index is 624. The van der Waals surface area contributed by atoms with Crippen LogP contribution in [0.4, 0.5) is 4.39 Å². The van der Waals surface area contributed by atoms with Crippen LogP contribution >= 0.6 is 0 Å². The molecule has 0 radical (unpaired) electrons. The quantitative estimate of drug-likeness (QED) is 0.936. The first-order valence-corrected chi connectivity index (χ1v) is 7.52. The summed E-state index contributed by atoms with van der Waals surface area (Å²) in [7, 11) is 1.99. The number of nitrogens with one attached hydrogen (secondary N) is 1. The monoisotopic (exact) mass is 287 g/mol. The lowest BCUT2D eigenvalue weighted by atomic mass is 9.76. The molecule has 0 amide bonds. The van der Waals surface area contributed by atoms with Gasteiger partial charge in [0.25, 0.3) is 0 Å². The maximum absolute atomic E-state index is 12.9. The van der Waals surface area contributed by atoms with E-state index >= 15 is 0 Å². The molecule has 0 atom stereocenters. The molecule has 1 aliphatic rings. The summed E-state index contributed by atoms with van der Waals surface area (Å²) in [5.41, 5.74) is 4.90. The predicted molar refractivity (Wildman–Crippen MR) is 81.7 cm³/mol. The third-order valence-corrected chi connectivity index (χ3v) is 4.71. The molecular weight excluding hydrogens is 265 g/mol. The summed E-state index contributed by atoms with van der Waals surface area (Å²) in [6.45, 7) is 5.05. The molecular formula is C17H22FN3. The highest BCUT2D eigenvalue weighted by molar-refractivity contribution is 5.26. The Morgan fingerprint density at radius 1 is 1.24 bits per heavy atom. The van der Waals surface area contributed by atoms with E-state index in [1.807, 2.05) is 23.9 Å². The Morgan fingerprint density at radius 2 is 1.90 bits per heavy atom. The summed E-state index contributed by atoms with van der Waals surface area (Å²) >= 11 is 0. The molecule has 1 aliphatic carbocycles. The van der Waals surface area contributed by atoms with Crippen molar-refractivity contribution in [2.75, 3.05) is 0 Å². The average Bonchev–Trinajstić information content (AvgIpc) is 2.65. The van der Waals surface area contributed by atoms with Crippen molar-refractivity contribution in [1.29, 1.82) is 0 Å². The van der Waals surface area contributed by atoms with Gasteiger partial charge >= 0.3 is 0 Å². The van der Waals surface area contributed by atoms with E-state index in [9.17, 15) is 4.39 Å². The maximum atomic E-state index is 12.9. The van der Waals surface area contributed by atoms with Crippen LogP contribution < -0.4 is 5.32 Å². The normalized spacial score (nSPS) is 21.3. The molecule has 0 aliphatic heterocycles. The molecule has 1 heterocycles. The molecule has 1 aromatic heterocycles. The first-order valence-electron chi connectivity index (χ1n) is 7.52. The molecule has 2 aromatic rings. The zero-order chi connectivity index (χ0) is 15.0. The zero-order valence-corrected chi connectivity index (χ0v) is 12.9. The highest BCUT2D eigenvalue weighted by atomic mass is 19.1. The molecule has 1 saturated carbocycles. The highest BCUT2D eigenvalue weighted by Crippen LogP contribution is 2.37. The molecule has 4 heteroatoms. The summed E-state index contributed by atoms with van der Waals surface area (Å²) < 4.78 is 14.9. The number of aryl methyl sites for hydroxylation is 2. The Balaban J connectivity index is 1.52. The van der Waals surface area contributed by atoms with Crippen LogP contribution in [-0.2, 0) is 13.6 Å². The van der Waals surface area contributed by atoms with E-state index in [0.717, 1.165) is 25.1 Å². The lowest BCUT2D eigenvalue weighted by Crippen LogP contribution is -2.39. The zero-order valence-electron chi connectivity index (χ0n) is 12.9. The molecule has 112 valence electrons. The number of aromatic nitrogens is 2. The van der Waals surface area contributed by atoms with Crippen molar-refractivity contribution in [1.82, 2.24) is 15.1 Å². The number of hydrogen-bond acceptors (Lipinski definition) is 2. The van der Waals surface area contributed by atoms with Crippen LogP contribution in [0.5, 0.6) is 0 Å². The van der Waals surface area contributed by atoms with Crippen molar-refractivity contribution in [3.8, 4) is 0 Å². The van der Waals surface area contributed by atoms with Crippen molar-refractivity contribution in [3.05, 3.63) is 52.6 Å². The van der Waals surface area contributed by atoms with Crippen LogP contribution in [0.25, 0.3) is 0 Å². The molecule has 1 fully saturated rings. The topological polar surface area (TPSA) is 29.9 Å². The highest BCUT2D eigenvalue weighted by Gasteiger charge is 2.30. The minimum Gasteiger partial charge on any atom is -0.310 e. The Morgan fingerprint density at radius 3 is 2.48 bits per heavy atom. The minimum atomic E-state index is -0.157. The second-order valence-electron chi connectivity index (χ2n) is 6.07. The first kappa shape index (κ1) is 14.3. The summed E-state index contributed by atoms with van der Waals surface area (Å²) in [4.78, 5) is 0. The van der Waals surface area contributed by atoms with Gasteiger partial charge in [0.2, 0.25) is 0 Å². The molecule has 3 rings (SSSR count). The van der Waals surface area contributed by atoms with Crippen molar-refractivity contribution >= 4 is 0 Å². The Labute approximate surface area is 125 Å². The number of nitrogens with zero attached hydrogens (tertiary/aromatic N) is 2. The standard InChI is InChI=1S/C17H22FN3/c1-11-17(12(2)21(3)20-11)10-19-16-8-14(9-16)13-4-6-15(18)7-5-13/h4-7,14,16,19H,8-10H2,1-3H3. The summed E-state index contributed by atoms with van der Waals surface area (Å²) in [5.74, 6) is 0.412. The maximum Gasteiger partial charge on any atom is 0.123 e. The number of rotatable bonds is 4. The largest absolute Gasteiger partial charge is 0.310 e. The fourth-order valence-corrected chi connectivity index (χ4v) is 3.11. The fraction of sp³-hybridized carbons (Fsp3) is 0.471. The molecule has 3 nitrogen and oxygen atoms in total. The second kappa shape index (κ2) is 5.60. The molecule has 1 aromatic carbocycles. The van der Waals surface area contributed by atoms with E-state index in [2.05, 4.69) is 24.3 Å². The SMILES string of the molecule is Cc1nn(C)c(C)c1CNC1CC(c2ccc(F)cc2)C1. The number of benzene rings is 1. The van der Waals surface area contributed by atoms with E-state index in [1.165, 1.54) is 16.8 Å². The van der Waals surface area contributed by atoms with Crippen LogP contribution in [0, 0.1) is 19.7 Å². The van der Waals surface area contributed by atoms with Gasteiger partial charge in [0.1, 0.15) is 5.82 Å².